The maximum atomic E-state index is 9.50. The van der Waals surface area contributed by atoms with E-state index in [0.29, 0.717) is 11.8 Å². The van der Waals surface area contributed by atoms with Crippen LogP contribution in [0.1, 0.15) is 27.7 Å². The summed E-state index contributed by atoms with van der Waals surface area (Å²) in [5.41, 5.74) is 0. The first-order valence-corrected chi connectivity index (χ1v) is 3.98. The molecular formula is C9H19OY-. The topological polar surface area (TPSA) is 20.2 Å². The Morgan fingerprint density at radius 2 is 1.36 bits per heavy atom. The summed E-state index contributed by atoms with van der Waals surface area (Å²) < 4.78 is 0. The Balaban J connectivity index is 0. The standard InChI is InChI=1S/C9H19O.Y/c1-6(2)8(5)9(10)7(3)4;/h6-10H,5H2,1-4H3;/q-1;/t8-,9-;/m1./s1. The summed E-state index contributed by atoms with van der Waals surface area (Å²) in [5, 5.41) is 9.50. The fourth-order valence-electron chi connectivity index (χ4n) is 0.889. The Morgan fingerprint density at radius 1 is 1.00 bits per heavy atom. The van der Waals surface area contributed by atoms with Crippen LogP contribution in [0.5, 0.6) is 0 Å². The summed E-state index contributed by atoms with van der Waals surface area (Å²) in [4.78, 5) is 0. The molecular weight excluding hydrogens is 213 g/mol. The maximum Gasteiger partial charge on any atom is 0.0322 e. The Labute approximate surface area is 95.8 Å². The van der Waals surface area contributed by atoms with Gasteiger partial charge in [0.15, 0.2) is 0 Å². The smallest absolute Gasteiger partial charge is 0.0322 e. The maximum absolute atomic E-state index is 9.50. The van der Waals surface area contributed by atoms with E-state index in [2.05, 4.69) is 20.8 Å². The van der Waals surface area contributed by atoms with Gasteiger partial charge in [0.25, 0.3) is 0 Å². The van der Waals surface area contributed by atoms with Crippen molar-refractivity contribution in [2.24, 2.45) is 17.8 Å². The molecule has 0 spiro atoms. The molecule has 0 aliphatic rings. The van der Waals surface area contributed by atoms with Crippen LogP contribution in [-0.2, 0) is 32.7 Å². The van der Waals surface area contributed by atoms with Gasteiger partial charge in [0.05, 0.1) is 0 Å². The number of rotatable bonds is 3. The van der Waals surface area contributed by atoms with Crippen LogP contribution in [0.4, 0.5) is 0 Å². The average Bonchev–Trinajstić information content (AvgIpc) is 1.84. The van der Waals surface area contributed by atoms with E-state index < -0.39 is 0 Å². The minimum atomic E-state index is -0.250. The van der Waals surface area contributed by atoms with Crippen molar-refractivity contribution in [2.75, 3.05) is 0 Å². The van der Waals surface area contributed by atoms with E-state index in [1.54, 1.807) is 0 Å². The van der Waals surface area contributed by atoms with Crippen LogP contribution in [0.15, 0.2) is 0 Å². The second-order valence-corrected chi connectivity index (χ2v) is 3.64. The molecule has 0 saturated heterocycles. The van der Waals surface area contributed by atoms with Gasteiger partial charge < -0.3 is 12.0 Å². The van der Waals surface area contributed by atoms with Crippen molar-refractivity contribution >= 4 is 0 Å². The Kier molecular flexibility index (Phi) is 8.70. The van der Waals surface area contributed by atoms with Crippen LogP contribution in [0, 0.1) is 24.7 Å². The molecule has 0 saturated carbocycles. The van der Waals surface area contributed by atoms with E-state index in [4.69, 9.17) is 0 Å². The van der Waals surface area contributed by atoms with Crippen LogP contribution in [-0.4, -0.2) is 11.2 Å². The van der Waals surface area contributed by atoms with E-state index >= 15 is 0 Å². The molecule has 0 amide bonds. The van der Waals surface area contributed by atoms with Crippen molar-refractivity contribution in [3.63, 3.8) is 0 Å². The molecule has 2 heteroatoms. The normalized spacial score (nSPS) is 16.4. The van der Waals surface area contributed by atoms with Crippen LogP contribution in [0.3, 0.4) is 0 Å². The molecule has 0 aliphatic heterocycles. The third-order valence-electron chi connectivity index (χ3n) is 1.98. The molecule has 0 aromatic rings. The van der Waals surface area contributed by atoms with Gasteiger partial charge >= 0.3 is 0 Å². The third-order valence-corrected chi connectivity index (χ3v) is 1.98. The van der Waals surface area contributed by atoms with Crippen molar-refractivity contribution in [3.05, 3.63) is 6.92 Å². The van der Waals surface area contributed by atoms with Crippen molar-refractivity contribution in [1.29, 1.82) is 0 Å². The van der Waals surface area contributed by atoms with Crippen molar-refractivity contribution in [1.82, 2.24) is 0 Å². The van der Waals surface area contributed by atoms with Crippen molar-refractivity contribution in [3.8, 4) is 0 Å². The predicted molar refractivity (Wildman–Crippen MR) is 44.5 cm³/mol. The Morgan fingerprint density at radius 3 is 1.45 bits per heavy atom. The molecule has 2 atom stereocenters. The molecule has 0 rings (SSSR count). The second kappa shape index (κ2) is 6.57. The summed E-state index contributed by atoms with van der Waals surface area (Å²) in [6, 6.07) is 0. The molecule has 0 heterocycles. The molecule has 0 aromatic carbocycles. The minimum absolute atomic E-state index is 0. The zero-order valence-electron chi connectivity index (χ0n) is 8.04. The molecule has 65 valence electrons. The number of aliphatic hydroxyl groups is 1. The SMILES string of the molecule is [CH2-][C@H](C(C)C)[C@H](O)C(C)C.[Y]. The van der Waals surface area contributed by atoms with Crippen molar-refractivity contribution < 1.29 is 37.8 Å². The second-order valence-electron chi connectivity index (χ2n) is 3.64. The summed E-state index contributed by atoms with van der Waals surface area (Å²) in [6.45, 7) is 12.1. The first kappa shape index (κ1) is 14.6. The van der Waals surface area contributed by atoms with Crippen LogP contribution in [0.25, 0.3) is 0 Å². The molecule has 1 nitrogen and oxygen atoms in total. The Bertz CT molecular complexity index is 79.6. The molecule has 0 aliphatic carbocycles. The van der Waals surface area contributed by atoms with Gasteiger partial charge in [-0.2, -0.15) is 0 Å². The molecule has 1 N–H and O–H groups in total. The summed E-state index contributed by atoms with van der Waals surface area (Å²) in [5.74, 6) is 0.960. The molecule has 1 radical (unpaired) electrons. The molecule has 0 bridgehead atoms. The van der Waals surface area contributed by atoms with E-state index in [0.717, 1.165) is 0 Å². The first-order chi connectivity index (χ1) is 4.46. The van der Waals surface area contributed by atoms with Crippen molar-refractivity contribution in [2.45, 2.75) is 33.8 Å². The van der Waals surface area contributed by atoms with Gasteiger partial charge in [-0.15, -0.1) is 5.92 Å². The number of hydrogen-bond donors (Lipinski definition) is 1. The predicted octanol–water partition coefficient (Wildman–Crippen LogP) is 2.11. The summed E-state index contributed by atoms with van der Waals surface area (Å²) in [6.07, 6.45) is -0.250. The van der Waals surface area contributed by atoms with Crippen LogP contribution >= 0.6 is 0 Å². The summed E-state index contributed by atoms with van der Waals surface area (Å²) >= 11 is 0. The van der Waals surface area contributed by atoms with E-state index in [1.807, 2.05) is 13.8 Å². The van der Waals surface area contributed by atoms with Gasteiger partial charge in [0, 0.05) is 38.8 Å². The van der Waals surface area contributed by atoms with E-state index in [9.17, 15) is 5.11 Å². The molecule has 0 unspecified atom stereocenters. The van der Waals surface area contributed by atoms with E-state index in [1.165, 1.54) is 0 Å². The van der Waals surface area contributed by atoms with Gasteiger partial charge in [-0.1, -0.05) is 33.6 Å². The van der Waals surface area contributed by atoms with E-state index in [-0.39, 0.29) is 44.7 Å². The molecule has 0 fully saturated rings. The third kappa shape index (κ3) is 5.33. The number of hydrogen-bond acceptors (Lipinski definition) is 1. The fraction of sp³-hybridized carbons (Fsp3) is 0.889. The van der Waals surface area contributed by atoms with Gasteiger partial charge in [-0.05, 0) is 5.92 Å². The van der Waals surface area contributed by atoms with Gasteiger partial charge in [0.2, 0.25) is 0 Å². The molecule has 11 heavy (non-hydrogen) atoms. The fourth-order valence-corrected chi connectivity index (χ4v) is 0.889. The van der Waals surface area contributed by atoms with Crippen LogP contribution < -0.4 is 0 Å². The van der Waals surface area contributed by atoms with Gasteiger partial charge in [0.1, 0.15) is 0 Å². The minimum Gasteiger partial charge on any atom is -0.395 e. The van der Waals surface area contributed by atoms with Gasteiger partial charge in [-0.25, -0.2) is 0 Å². The monoisotopic (exact) mass is 232 g/mol. The molecule has 0 aromatic heterocycles. The zero-order chi connectivity index (χ0) is 8.31. The quantitative estimate of drug-likeness (QED) is 0.739. The zero-order valence-corrected chi connectivity index (χ0v) is 10.9. The first-order valence-electron chi connectivity index (χ1n) is 3.98. The van der Waals surface area contributed by atoms with Crippen LogP contribution in [0.2, 0.25) is 0 Å². The average molecular weight is 232 g/mol. The van der Waals surface area contributed by atoms with Gasteiger partial charge in [-0.3, -0.25) is 0 Å². The largest absolute Gasteiger partial charge is 0.395 e. The Hall–Kier alpha value is 1.06. The number of aliphatic hydroxyl groups excluding tert-OH is 1. The summed E-state index contributed by atoms with van der Waals surface area (Å²) in [7, 11) is 0.